The molecule has 0 fully saturated rings. The molecule has 0 aliphatic carbocycles. The van der Waals surface area contributed by atoms with Crippen LogP contribution in [0, 0.1) is 5.82 Å². The topological polar surface area (TPSA) is 92.9 Å². The number of benzene rings is 2. The highest BCUT2D eigenvalue weighted by molar-refractivity contribution is 5.78. The zero-order valence-corrected chi connectivity index (χ0v) is 20.4. The number of phenolic OH excluding ortho intramolecular Hbond substituents is 1. The second-order valence-electron chi connectivity index (χ2n) is 10.7. The number of aromatic amines is 1. The maximum Gasteiger partial charge on any atom is 0.337 e. The van der Waals surface area contributed by atoms with Gasteiger partial charge < -0.3 is 10.1 Å². The zero-order chi connectivity index (χ0) is 25.2. The standard InChI is InChI=1S/C26H29FN4O3/c1-25(2,3)17-12-14(13-18(20(17)32)26(4,5)6)21-28-19-22(29-21)31(24(34)30(7)23(19)33)16-10-8-15(27)9-11-16/h8-13,32H,1-7H3,(H,28,29). The van der Waals surface area contributed by atoms with Crippen LogP contribution in [0.5, 0.6) is 5.75 Å². The molecular weight excluding hydrogens is 435 g/mol. The van der Waals surface area contributed by atoms with Crippen molar-refractivity contribution in [2.45, 2.75) is 52.4 Å². The van der Waals surface area contributed by atoms with Crippen LogP contribution in [0.25, 0.3) is 28.2 Å². The number of aromatic hydroxyl groups is 1. The number of phenols is 1. The third-order valence-corrected chi connectivity index (χ3v) is 5.98. The van der Waals surface area contributed by atoms with Gasteiger partial charge in [0.1, 0.15) is 17.4 Å². The van der Waals surface area contributed by atoms with Gasteiger partial charge in [-0.3, -0.25) is 9.36 Å². The van der Waals surface area contributed by atoms with Crippen LogP contribution in [0.4, 0.5) is 4.39 Å². The molecule has 0 aliphatic rings. The molecule has 0 spiro atoms. The van der Waals surface area contributed by atoms with Crippen LogP contribution < -0.4 is 11.2 Å². The van der Waals surface area contributed by atoms with E-state index in [-0.39, 0.29) is 27.7 Å². The van der Waals surface area contributed by atoms with E-state index in [9.17, 15) is 19.1 Å². The first-order valence-electron chi connectivity index (χ1n) is 11.1. The largest absolute Gasteiger partial charge is 0.507 e. The highest BCUT2D eigenvalue weighted by atomic mass is 19.1. The maximum absolute atomic E-state index is 13.5. The Labute approximate surface area is 196 Å². The number of halogens is 1. The van der Waals surface area contributed by atoms with Gasteiger partial charge in [0.05, 0.1) is 5.69 Å². The van der Waals surface area contributed by atoms with Gasteiger partial charge in [0, 0.05) is 23.7 Å². The predicted molar refractivity (Wildman–Crippen MR) is 131 cm³/mol. The van der Waals surface area contributed by atoms with Crippen molar-refractivity contribution in [1.82, 2.24) is 19.1 Å². The average Bonchev–Trinajstić information content (AvgIpc) is 3.17. The molecular formula is C26H29FN4O3. The van der Waals surface area contributed by atoms with Crippen LogP contribution in [0.1, 0.15) is 52.7 Å². The summed E-state index contributed by atoms with van der Waals surface area (Å²) in [5.74, 6) is 0.195. The van der Waals surface area contributed by atoms with Gasteiger partial charge in [-0.2, -0.15) is 0 Å². The van der Waals surface area contributed by atoms with E-state index in [1.807, 2.05) is 53.7 Å². The minimum atomic E-state index is -0.573. The Kier molecular flexibility index (Phi) is 5.31. The molecule has 2 aromatic carbocycles. The summed E-state index contributed by atoms with van der Waals surface area (Å²) in [5, 5.41) is 11.0. The lowest BCUT2D eigenvalue weighted by Gasteiger charge is -2.28. The summed E-state index contributed by atoms with van der Waals surface area (Å²) in [6.45, 7) is 12.1. The van der Waals surface area contributed by atoms with Gasteiger partial charge in [-0.1, -0.05) is 41.5 Å². The molecule has 0 bridgehead atoms. The van der Waals surface area contributed by atoms with Crippen molar-refractivity contribution in [2.75, 3.05) is 0 Å². The molecule has 2 heterocycles. The van der Waals surface area contributed by atoms with Crippen molar-refractivity contribution in [2.24, 2.45) is 7.05 Å². The number of imidazole rings is 1. The third-order valence-electron chi connectivity index (χ3n) is 5.98. The molecule has 0 saturated heterocycles. The summed E-state index contributed by atoms with van der Waals surface area (Å²) < 4.78 is 15.8. The molecule has 0 atom stereocenters. The lowest BCUT2D eigenvalue weighted by Crippen LogP contribution is -2.37. The van der Waals surface area contributed by atoms with Crippen molar-refractivity contribution >= 4 is 11.2 Å². The molecule has 0 amide bonds. The first-order valence-corrected chi connectivity index (χ1v) is 11.1. The van der Waals surface area contributed by atoms with Crippen LogP contribution in [-0.4, -0.2) is 24.2 Å². The van der Waals surface area contributed by atoms with Gasteiger partial charge >= 0.3 is 5.69 Å². The van der Waals surface area contributed by atoms with Gasteiger partial charge in [0.2, 0.25) is 0 Å². The number of hydrogen-bond donors (Lipinski definition) is 2. The molecule has 2 aromatic heterocycles. The molecule has 0 aliphatic heterocycles. The molecule has 4 rings (SSSR count). The number of nitrogens with one attached hydrogen (secondary N) is 1. The number of nitrogens with zero attached hydrogens (tertiary/aromatic N) is 3. The summed E-state index contributed by atoms with van der Waals surface area (Å²) in [5.41, 5.74) is 1.09. The second-order valence-corrected chi connectivity index (χ2v) is 10.7. The van der Waals surface area contributed by atoms with Crippen molar-refractivity contribution in [1.29, 1.82) is 0 Å². The fourth-order valence-corrected chi connectivity index (χ4v) is 4.05. The maximum atomic E-state index is 13.5. The molecule has 0 radical (unpaired) electrons. The summed E-state index contributed by atoms with van der Waals surface area (Å²) in [7, 11) is 1.38. The van der Waals surface area contributed by atoms with Gasteiger partial charge in [0.15, 0.2) is 11.2 Å². The van der Waals surface area contributed by atoms with Crippen LogP contribution in [0.15, 0.2) is 46.0 Å². The molecule has 0 saturated carbocycles. The van der Waals surface area contributed by atoms with E-state index in [0.29, 0.717) is 17.1 Å². The minimum Gasteiger partial charge on any atom is -0.507 e. The average molecular weight is 465 g/mol. The van der Waals surface area contributed by atoms with E-state index in [2.05, 4.69) is 9.97 Å². The third kappa shape index (κ3) is 3.83. The van der Waals surface area contributed by atoms with Gasteiger partial charge in [-0.05, 0) is 47.2 Å². The zero-order valence-electron chi connectivity index (χ0n) is 20.4. The van der Waals surface area contributed by atoms with E-state index in [1.165, 1.54) is 35.9 Å². The molecule has 7 nitrogen and oxygen atoms in total. The Bertz CT molecular complexity index is 1490. The first kappa shape index (κ1) is 23.5. The SMILES string of the molecule is Cn1c(=O)c2nc(-c3cc(C(C)(C)C)c(O)c(C(C)(C)C)c3)[nH]c2n(-c2ccc(F)cc2)c1=O. The molecule has 8 heteroatoms. The second kappa shape index (κ2) is 7.68. The Morgan fingerprint density at radius 1 is 0.941 bits per heavy atom. The number of aromatic nitrogens is 4. The molecule has 4 aromatic rings. The molecule has 34 heavy (non-hydrogen) atoms. The van der Waals surface area contributed by atoms with Crippen LogP contribution in [0.2, 0.25) is 0 Å². The minimum absolute atomic E-state index is 0.0871. The van der Waals surface area contributed by atoms with Crippen LogP contribution >= 0.6 is 0 Å². The quantitative estimate of drug-likeness (QED) is 0.456. The summed E-state index contributed by atoms with van der Waals surface area (Å²) >= 11 is 0. The van der Waals surface area contributed by atoms with E-state index in [4.69, 9.17) is 0 Å². The summed E-state index contributed by atoms with van der Waals surface area (Å²) in [4.78, 5) is 33.6. The number of rotatable bonds is 2. The van der Waals surface area contributed by atoms with Crippen molar-refractivity contribution in [3.8, 4) is 22.8 Å². The molecule has 178 valence electrons. The van der Waals surface area contributed by atoms with Gasteiger partial charge in [-0.15, -0.1) is 0 Å². The number of fused-ring (bicyclic) bond motifs is 1. The lowest BCUT2D eigenvalue weighted by molar-refractivity contribution is 0.423. The highest BCUT2D eigenvalue weighted by Gasteiger charge is 2.28. The summed E-state index contributed by atoms with van der Waals surface area (Å²) in [6.07, 6.45) is 0. The molecule has 0 unspecified atom stereocenters. The first-order chi connectivity index (χ1) is 15.7. The van der Waals surface area contributed by atoms with Crippen molar-refractivity contribution < 1.29 is 9.50 Å². The fraction of sp³-hybridized carbons (Fsp3) is 0.346. The number of H-pyrrole nitrogens is 1. The smallest absolute Gasteiger partial charge is 0.337 e. The Morgan fingerprint density at radius 3 is 1.97 bits per heavy atom. The van der Waals surface area contributed by atoms with Crippen molar-refractivity contribution in [3.05, 3.63) is 74.2 Å². The summed E-state index contributed by atoms with van der Waals surface area (Å²) in [6, 6.07) is 9.15. The van der Waals surface area contributed by atoms with E-state index in [1.54, 1.807) is 0 Å². The number of hydrogen-bond acceptors (Lipinski definition) is 4. The van der Waals surface area contributed by atoms with Crippen LogP contribution in [0.3, 0.4) is 0 Å². The van der Waals surface area contributed by atoms with E-state index < -0.39 is 17.1 Å². The van der Waals surface area contributed by atoms with Crippen LogP contribution in [-0.2, 0) is 17.9 Å². The Hall–Kier alpha value is -3.68. The Morgan fingerprint density at radius 2 is 1.47 bits per heavy atom. The normalized spacial score (nSPS) is 12.5. The fourth-order valence-electron chi connectivity index (χ4n) is 4.05. The van der Waals surface area contributed by atoms with Crippen molar-refractivity contribution in [3.63, 3.8) is 0 Å². The monoisotopic (exact) mass is 464 g/mol. The molecule has 2 N–H and O–H groups in total. The predicted octanol–water partition coefficient (Wildman–Crippen LogP) is 4.52. The van der Waals surface area contributed by atoms with Gasteiger partial charge in [-0.25, -0.2) is 18.7 Å². The van der Waals surface area contributed by atoms with E-state index in [0.717, 1.165) is 15.7 Å². The van der Waals surface area contributed by atoms with E-state index >= 15 is 0 Å². The highest BCUT2D eigenvalue weighted by Crippen LogP contribution is 2.41. The Balaban J connectivity index is 2.07. The lowest BCUT2D eigenvalue weighted by atomic mass is 9.78. The van der Waals surface area contributed by atoms with Gasteiger partial charge in [0.25, 0.3) is 5.56 Å².